The Morgan fingerprint density at radius 3 is 2.70 bits per heavy atom. The van der Waals surface area contributed by atoms with Gasteiger partial charge in [0.05, 0.1) is 17.7 Å². The van der Waals surface area contributed by atoms with Crippen LogP contribution in [0.15, 0.2) is 28.4 Å². The van der Waals surface area contributed by atoms with Crippen molar-refractivity contribution < 1.29 is 14.3 Å². The number of nitrogens with zero attached hydrogens (tertiary/aromatic N) is 2. The van der Waals surface area contributed by atoms with Crippen LogP contribution in [0.3, 0.4) is 0 Å². The average Bonchev–Trinajstić information content (AvgIpc) is 3.13. The quantitative estimate of drug-likeness (QED) is 0.433. The third-order valence-electron chi connectivity index (χ3n) is 4.65. The molecule has 0 fully saturated rings. The number of aromatic nitrogens is 2. The second-order valence-electron chi connectivity index (χ2n) is 6.75. The summed E-state index contributed by atoms with van der Waals surface area (Å²) in [5.41, 5.74) is 2.19. The Morgan fingerprint density at radius 2 is 2.03 bits per heavy atom. The molecule has 0 aliphatic carbocycles. The standard InChI is InChI=1S/C21H22ClN3O4S/c1-4-29-21(28)18-15-11-30-19(23-16(26)6-5-9-22)17(15)20(27)25(24-18)14-8-7-12(2)13(3)10-14/h7-8,10-11H,4-6,9H2,1-3H3,(H,23,26). The van der Waals surface area contributed by atoms with Crippen LogP contribution >= 0.6 is 22.9 Å². The van der Waals surface area contributed by atoms with E-state index < -0.39 is 11.5 Å². The van der Waals surface area contributed by atoms with Crippen molar-refractivity contribution in [3.05, 3.63) is 50.8 Å². The van der Waals surface area contributed by atoms with E-state index >= 15 is 0 Å². The second-order valence-corrected chi connectivity index (χ2v) is 8.01. The van der Waals surface area contributed by atoms with Gasteiger partial charge in [0.2, 0.25) is 5.91 Å². The van der Waals surface area contributed by atoms with E-state index in [1.165, 1.54) is 16.0 Å². The highest BCUT2D eigenvalue weighted by Crippen LogP contribution is 2.31. The molecule has 3 aromatic rings. The average molecular weight is 448 g/mol. The fourth-order valence-corrected chi connectivity index (χ4v) is 4.03. The number of fused-ring (bicyclic) bond motifs is 1. The van der Waals surface area contributed by atoms with Crippen molar-refractivity contribution in [1.29, 1.82) is 0 Å². The number of rotatable bonds is 7. The van der Waals surface area contributed by atoms with Gasteiger partial charge in [0.1, 0.15) is 5.00 Å². The first kappa shape index (κ1) is 22.0. The molecular weight excluding hydrogens is 426 g/mol. The van der Waals surface area contributed by atoms with Crippen molar-refractivity contribution in [2.24, 2.45) is 0 Å². The van der Waals surface area contributed by atoms with Crippen molar-refractivity contribution >= 4 is 50.6 Å². The minimum absolute atomic E-state index is 0.0298. The van der Waals surface area contributed by atoms with Gasteiger partial charge in [0, 0.05) is 23.1 Å². The van der Waals surface area contributed by atoms with Crippen LogP contribution in [0.1, 0.15) is 41.4 Å². The number of benzene rings is 1. The van der Waals surface area contributed by atoms with Crippen LogP contribution in [0, 0.1) is 13.8 Å². The number of alkyl halides is 1. The summed E-state index contributed by atoms with van der Waals surface area (Å²) in [4.78, 5) is 38.1. The molecular formula is C21H22ClN3O4S. The molecule has 0 aliphatic rings. The zero-order valence-corrected chi connectivity index (χ0v) is 18.5. The van der Waals surface area contributed by atoms with Crippen LogP contribution in [0.4, 0.5) is 5.00 Å². The van der Waals surface area contributed by atoms with E-state index in [1.54, 1.807) is 18.4 Å². The lowest BCUT2D eigenvalue weighted by molar-refractivity contribution is -0.116. The van der Waals surface area contributed by atoms with E-state index in [0.29, 0.717) is 28.4 Å². The van der Waals surface area contributed by atoms with Gasteiger partial charge < -0.3 is 10.1 Å². The molecule has 1 N–H and O–H groups in total. The first-order chi connectivity index (χ1) is 14.4. The number of esters is 1. The summed E-state index contributed by atoms with van der Waals surface area (Å²) in [6, 6.07) is 5.48. The van der Waals surface area contributed by atoms with Crippen LogP contribution in [0.25, 0.3) is 16.5 Å². The maximum atomic E-state index is 13.3. The van der Waals surface area contributed by atoms with E-state index in [2.05, 4.69) is 10.4 Å². The van der Waals surface area contributed by atoms with Gasteiger partial charge in [-0.15, -0.1) is 22.9 Å². The van der Waals surface area contributed by atoms with Gasteiger partial charge in [-0.3, -0.25) is 9.59 Å². The minimum Gasteiger partial charge on any atom is -0.461 e. The maximum Gasteiger partial charge on any atom is 0.359 e. The highest BCUT2D eigenvalue weighted by atomic mass is 35.5. The predicted octanol–water partition coefficient (Wildman–Crippen LogP) is 4.20. The fraction of sp³-hybridized carbons (Fsp3) is 0.333. The third kappa shape index (κ3) is 4.39. The number of halogens is 1. The van der Waals surface area contributed by atoms with Gasteiger partial charge in [0.15, 0.2) is 5.69 Å². The third-order valence-corrected chi connectivity index (χ3v) is 5.81. The number of hydrogen-bond donors (Lipinski definition) is 1. The number of ether oxygens (including phenoxy) is 1. The fourth-order valence-electron chi connectivity index (χ4n) is 2.94. The van der Waals surface area contributed by atoms with Crippen molar-refractivity contribution in [3.8, 4) is 5.69 Å². The van der Waals surface area contributed by atoms with Crippen molar-refractivity contribution in [2.75, 3.05) is 17.8 Å². The van der Waals surface area contributed by atoms with E-state index in [0.717, 1.165) is 11.1 Å². The van der Waals surface area contributed by atoms with Crippen LogP contribution in [-0.2, 0) is 9.53 Å². The molecule has 9 heteroatoms. The normalized spacial score (nSPS) is 10.9. The van der Waals surface area contributed by atoms with Gasteiger partial charge in [-0.25, -0.2) is 4.79 Å². The molecule has 0 saturated carbocycles. The maximum absolute atomic E-state index is 13.3. The smallest absolute Gasteiger partial charge is 0.359 e. The number of anilines is 1. The topological polar surface area (TPSA) is 90.3 Å². The molecule has 158 valence electrons. The van der Waals surface area contributed by atoms with Crippen LogP contribution in [0.5, 0.6) is 0 Å². The number of nitrogens with one attached hydrogen (secondary N) is 1. The number of thiophene rings is 1. The summed E-state index contributed by atoms with van der Waals surface area (Å²) in [5, 5.41) is 9.68. The number of carbonyl (C=O) groups excluding carboxylic acids is 2. The summed E-state index contributed by atoms with van der Waals surface area (Å²) in [5.74, 6) is -0.501. The molecule has 0 saturated heterocycles. The van der Waals surface area contributed by atoms with Crippen LogP contribution in [-0.4, -0.2) is 34.1 Å². The lowest BCUT2D eigenvalue weighted by Crippen LogP contribution is -2.25. The van der Waals surface area contributed by atoms with Crippen LogP contribution < -0.4 is 10.9 Å². The van der Waals surface area contributed by atoms with E-state index in [9.17, 15) is 14.4 Å². The van der Waals surface area contributed by atoms with Crippen LogP contribution in [0.2, 0.25) is 0 Å². The molecule has 7 nitrogen and oxygen atoms in total. The van der Waals surface area contributed by atoms with E-state index in [-0.39, 0.29) is 30.0 Å². The predicted molar refractivity (Wildman–Crippen MR) is 119 cm³/mol. The lowest BCUT2D eigenvalue weighted by atomic mass is 10.1. The Bertz CT molecular complexity index is 1170. The molecule has 1 aromatic carbocycles. The monoisotopic (exact) mass is 447 g/mol. The summed E-state index contributed by atoms with van der Waals surface area (Å²) in [7, 11) is 0. The van der Waals surface area contributed by atoms with Gasteiger partial charge in [-0.05, 0) is 50.5 Å². The largest absolute Gasteiger partial charge is 0.461 e. The Kier molecular flexibility index (Phi) is 6.89. The molecule has 0 radical (unpaired) electrons. The summed E-state index contributed by atoms with van der Waals surface area (Å²) >= 11 is 6.83. The number of amides is 1. The van der Waals surface area contributed by atoms with E-state index in [4.69, 9.17) is 16.3 Å². The lowest BCUT2D eigenvalue weighted by Gasteiger charge is -2.11. The first-order valence-electron chi connectivity index (χ1n) is 9.52. The summed E-state index contributed by atoms with van der Waals surface area (Å²) in [6.45, 7) is 5.78. The molecule has 0 spiro atoms. The number of hydrogen-bond acceptors (Lipinski definition) is 6. The molecule has 0 atom stereocenters. The first-order valence-corrected chi connectivity index (χ1v) is 10.9. The zero-order valence-electron chi connectivity index (χ0n) is 17.0. The SMILES string of the molecule is CCOC(=O)c1nn(-c2ccc(C)c(C)c2)c(=O)c2c(NC(=O)CCCCl)scc12. The van der Waals surface area contributed by atoms with Gasteiger partial charge in [-0.1, -0.05) is 6.07 Å². The molecule has 30 heavy (non-hydrogen) atoms. The van der Waals surface area contributed by atoms with Crippen molar-refractivity contribution in [2.45, 2.75) is 33.6 Å². The summed E-state index contributed by atoms with van der Waals surface area (Å²) < 4.78 is 6.32. The Balaban J connectivity index is 2.21. The van der Waals surface area contributed by atoms with Gasteiger partial charge >= 0.3 is 5.97 Å². The molecule has 2 aromatic heterocycles. The molecule has 1 amide bonds. The second kappa shape index (κ2) is 9.40. The molecule has 3 rings (SSSR count). The minimum atomic E-state index is -0.627. The Hall–Kier alpha value is -2.71. The Morgan fingerprint density at radius 1 is 1.27 bits per heavy atom. The zero-order chi connectivity index (χ0) is 21.8. The molecule has 0 aliphatic heterocycles. The Labute approximate surface area is 182 Å². The number of carbonyl (C=O) groups is 2. The highest BCUT2D eigenvalue weighted by Gasteiger charge is 2.23. The highest BCUT2D eigenvalue weighted by molar-refractivity contribution is 7.16. The number of aryl methyl sites for hydroxylation is 2. The molecule has 2 heterocycles. The van der Waals surface area contributed by atoms with Crippen molar-refractivity contribution in [1.82, 2.24) is 9.78 Å². The van der Waals surface area contributed by atoms with E-state index in [1.807, 2.05) is 26.0 Å². The molecule has 0 bridgehead atoms. The van der Waals surface area contributed by atoms with Gasteiger partial charge in [-0.2, -0.15) is 9.78 Å². The molecule has 0 unspecified atom stereocenters. The van der Waals surface area contributed by atoms with Crippen molar-refractivity contribution in [3.63, 3.8) is 0 Å². The summed E-state index contributed by atoms with van der Waals surface area (Å²) in [6.07, 6.45) is 0.767. The van der Waals surface area contributed by atoms with Gasteiger partial charge in [0.25, 0.3) is 5.56 Å².